The molecule has 4 rings (SSSR count). The molecule has 3 amide bonds. The SMILES string of the molecule is CCOCCCNC(=O)c1cc(NC(=O)Nc2ccc(CC)cc2)ccc1N1CCC(Cc2ccccc2)CC1. The van der Waals surface area contributed by atoms with Gasteiger partial charge in [-0.1, -0.05) is 49.4 Å². The Morgan fingerprint density at radius 3 is 2.27 bits per heavy atom. The largest absolute Gasteiger partial charge is 0.382 e. The van der Waals surface area contributed by atoms with Crippen LogP contribution < -0.4 is 20.9 Å². The van der Waals surface area contributed by atoms with Gasteiger partial charge in [-0.25, -0.2) is 4.79 Å². The minimum absolute atomic E-state index is 0.142. The molecular weight excluding hydrogens is 500 g/mol. The number of amides is 3. The van der Waals surface area contributed by atoms with Crippen molar-refractivity contribution < 1.29 is 14.3 Å². The number of carbonyl (C=O) groups excluding carboxylic acids is 2. The van der Waals surface area contributed by atoms with Crippen LogP contribution in [0.3, 0.4) is 0 Å². The van der Waals surface area contributed by atoms with Gasteiger partial charge in [-0.15, -0.1) is 0 Å². The third kappa shape index (κ3) is 8.58. The van der Waals surface area contributed by atoms with Gasteiger partial charge in [0.1, 0.15) is 0 Å². The van der Waals surface area contributed by atoms with Crippen molar-refractivity contribution in [2.75, 3.05) is 48.4 Å². The number of hydrogen-bond acceptors (Lipinski definition) is 4. The van der Waals surface area contributed by atoms with E-state index in [0.717, 1.165) is 56.6 Å². The molecule has 0 spiro atoms. The van der Waals surface area contributed by atoms with Crippen molar-refractivity contribution in [3.05, 3.63) is 89.5 Å². The molecule has 0 aromatic heterocycles. The van der Waals surface area contributed by atoms with Gasteiger partial charge in [-0.05, 0) is 86.4 Å². The maximum atomic E-state index is 13.3. The van der Waals surface area contributed by atoms with Crippen molar-refractivity contribution in [3.63, 3.8) is 0 Å². The first-order chi connectivity index (χ1) is 19.6. The number of rotatable bonds is 12. The minimum Gasteiger partial charge on any atom is -0.382 e. The fourth-order valence-corrected chi connectivity index (χ4v) is 5.13. The highest BCUT2D eigenvalue weighted by Gasteiger charge is 2.24. The van der Waals surface area contributed by atoms with Crippen molar-refractivity contribution >= 4 is 29.0 Å². The van der Waals surface area contributed by atoms with Gasteiger partial charge in [-0.3, -0.25) is 4.79 Å². The molecule has 3 N–H and O–H groups in total. The summed E-state index contributed by atoms with van der Waals surface area (Å²) in [5, 5.41) is 8.80. The van der Waals surface area contributed by atoms with Crippen molar-refractivity contribution in [2.45, 2.75) is 46.0 Å². The van der Waals surface area contributed by atoms with Crippen LogP contribution in [0.25, 0.3) is 0 Å². The highest BCUT2D eigenvalue weighted by molar-refractivity contribution is 6.04. The first-order valence-electron chi connectivity index (χ1n) is 14.5. The van der Waals surface area contributed by atoms with E-state index in [0.29, 0.717) is 36.9 Å². The second kappa shape index (κ2) is 15.1. The van der Waals surface area contributed by atoms with E-state index < -0.39 is 0 Å². The number of anilines is 3. The zero-order chi connectivity index (χ0) is 28.2. The molecule has 0 radical (unpaired) electrons. The molecule has 3 aromatic carbocycles. The lowest BCUT2D eigenvalue weighted by molar-refractivity contribution is 0.0944. The highest BCUT2D eigenvalue weighted by atomic mass is 16.5. The van der Waals surface area contributed by atoms with E-state index in [1.165, 1.54) is 11.1 Å². The summed E-state index contributed by atoms with van der Waals surface area (Å²) in [4.78, 5) is 28.3. The molecule has 1 aliphatic heterocycles. The Morgan fingerprint density at radius 2 is 1.57 bits per heavy atom. The molecule has 0 saturated carbocycles. The van der Waals surface area contributed by atoms with E-state index in [1.807, 2.05) is 43.3 Å². The summed E-state index contributed by atoms with van der Waals surface area (Å²) < 4.78 is 5.40. The predicted molar refractivity (Wildman–Crippen MR) is 163 cm³/mol. The Kier molecular flexibility index (Phi) is 11.0. The van der Waals surface area contributed by atoms with E-state index in [1.54, 1.807) is 6.07 Å². The van der Waals surface area contributed by atoms with Crippen molar-refractivity contribution in [1.82, 2.24) is 5.32 Å². The third-order valence-corrected chi connectivity index (χ3v) is 7.40. The monoisotopic (exact) mass is 542 g/mol. The van der Waals surface area contributed by atoms with Crippen LogP contribution in [0.2, 0.25) is 0 Å². The molecular formula is C33H42N4O3. The predicted octanol–water partition coefficient (Wildman–Crippen LogP) is 6.51. The molecule has 212 valence electrons. The smallest absolute Gasteiger partial charge is 0.323 e. The van der Waals surface area contributed by atoms with Crippen LogP contribution in [0.4, 0.5) is 21.9 Å². The zero-order valence-electron chi connectivity index (χ0n) is 23.7. The van der Waals surface area contributed by atoms with Gasteiger partial charge in [0.2, 0.25) is 0 Å². The molecule has 0 atom stereocenters. The molecule has 3 aromatic rings. The molecule has 1 fully saturated rings. The van der Waals surface area contributed by atoms with Gasteiger partial charge in [0.05, 0.1) is 5.56 Å². The van der Waals surface area contributed by atoms with E-state index in [-0.39, 0.29) is 11.9 Å². The van der Waals surface area contributed by atoms with Gasteiger partial charge < -0.3 is 25.6 Å². The standard InChI is InChI=1S/C33H42N4O3/c1-3-25-11-13-28(14-12-25)35-33(39)36-29-15-16-31(30(24-29)32(38)34-19-8-22-40-4-2)37-20-17-27(18-21-37)23-26-9-6-5-7-10-26/h5-7,9-16,24,27H,3-4,8,17-23H2,1-2H3,(H,34,38)(H2,35,36,39). The number of hydrogen-bond donors (Lipinski definition) is 3. The lowest BCUT2D eigenvalue weighted by Gasteiger charge is -2.35. The summed E-state index contributed by atoms with van der Waals surface area (Å²) >= 11 is 0. The number of piperidine rings is 1. The van der Waals surface area contributed by atoms with E-state index in [2.05, 4.69) is 58.1 Å². The summed E-state index contributed by atoms with van der Waals surface area (Å²) in [6.45, 7) is 7.65. The first-order valence-corrected chi connectivity index (χ1v) is 14.5. The Balaban J connectivity index is 1.43. The Morgan fingerprint density at radius 1 is 0.875 bits per heavy atom. The Hall–Kier alpha value is -3.84. The van der Waals surface area contributed by atoms with E-state index in [4.69, 9.17) is 4.74 Å². The zero-order valence-corrected chi connectivity index (χ0v) is 23.7. The van der Waals surface area contributed by atoms with Gasteiger partial charge in [0, 0.05) is 49.9 Å². The first kappa shape index (κ1) is 29.2. The molecule has 40 heavy (non-hydrogen) atoms. The second-order valence-corrected chi connectivity index (χ2v) is 10.3. The third-order valence-electron chi connectivity index (χ3n) is 7.40. The van der Waals surface area contributed by atoms with Gasteiger partial charge in [-0.2, -0.15) is 0 Å². The summed E-state index contributed by atoms with van der Waals surface area (Å²) in [5.41, 5.74) is 5.36. The average Bonchev–Trinajstić information content (AvgIpc) is 2.98. The van der Waals surface area contributed by atoms with Crippen LogP contribution in [0, 0.1) is 5.92 Å². The lowest BCUT2D eigenvalue weighted by atomic mass is 9.89. The fourth-order valence-electron chi connectivity index (χ4n) is 5.13. The maximum absolute atomic E-state index is 13.3. The number of carbonyl (C=O) groups is 2. The number of aryl methyl sites for hydroxylation is 1. The molecule has 1 heterocycles. The lowest BCUT2D eigenvalue weighted by Crippen LogP contribution is -2.36. The fraction of sp³-hybridized carbons (Fsp3) is 0.394. The highest BCUT2D eigenvalue weighted by Crippen LogP contribution is 2.30. The van der Waals surface area contributed by atoms with Crippen LogP contribution >= 0.6 is 0 Å². The van der Waals surface area contributed by atoms with E-state index >= 15 is 0 Å². The van der Waals surface area contributed by atoms with E-state index in [9.17, 15) is 9.59 Å². The van der Waals surface area contributed by atoms with Crippen molar-refractivity contribution in [2.24, 2.45) is 5.92 Å². The molecule has 7 heteroatoms. The molecule has 0 unspecified atom stereocenters. The summed E-state index contributed by atoms with van der Waals surface area (Å²) in [6, 6.07) is 23.7. The quantitative estimate of drug-likeness (QED) is 0.228. The van der Waals surface area contributed by atoms with Crippen LogP contribution in [-0.4, -0.2) is 44.8 Å². The van der Waals surface area contributed by atoms with Crippen LogP contribution in [-0.2, 0) is 17.6 Å². The number of ether oxygens (including phenoxy) is 1. The molecule has 1 aliphatic rings. The number of urea groups is 1. The summed E-state index contributed by atoms with van der Waals surface area (Å²) in [6.07, 6.45) is 4.92. The summed E-state index contributed by atoms with van der Waals surface area (Å²) in [7, 11) is 0. The van der Waals surface area contributed by atoms with Crippen molar-refractivity contribution in [1.29, 1.82) is 0 Å². The molecule has 0 aliphatic carbocycles. The Labute approximate surface area is 238 Å². The molecule has 7 nitrogen and oxygen atoms in total. The number of benzene rings is 3. The van der Waals surface area contributed by atoms with Crippen molar-refractivity contribution in [3.8, 4) is 0 Å². The Bertz CT molecular complexity index is 1220. The average molecular weight is 543 g/mol. The van der Waals surface area contributed by atoms with Gasteiger partial charge >= 0.3 is 6.03 Å². The normalized spacial score (nSPS) is 13.6. The van der Waals surface area contributed by atoms with Gasteiger partial charge in [0.25, 0.3) is 5.91 Å². The number of nitrogens with zero attached hydrogens (tertiary/aromatic N) is 1. The summed E-state index contributed by atoms with van der Waals surface area (Å²) in [5.74, 6) is 0.489. The molecule has 0 bridgehead atoms. The molecule has 1 saturated heterocycles. The topological polar surface area (TPSA) is 82.7 Å². The van der Waals surface area contributed by atoms with Crippen LogP contribution in [0.5, 0.6) is 0 Å². The maximum Gasteiger partial charge on any atom is 0.323 e. The second-order valence-electron chi connectivity index (χ2n) is 10.3. The number of nitrogens with one attached hydrogen (secondary N) is 3. The minimum atomic E-state index is -0.346. The van der Waals surface area contributed by atoms with Crippen LogP contribution in [0.1, 0.15) is 54.6 Å². The van der Waals surface area contributed by atoms with Crippen LogP contribution in [0.15, 0.2) is 72.8 Å². The van der Waals surface area contributed by atoms with Gasteiger partial charge in [0.15, 0.2) is 0 Å².